The van der Waals surface area contributed by atoms with Crippen molar-refractivity contribution < 1.29 is 9.13 Å². The highest BCUT2D eigenvalue weighted by molar-refractivity contribution is 5.41. The third-order valence-electron chi connectivity index (χ3n) is 2.43. The molecule has 0 radical (unpaired) electrons. The van der Waals surface area contributed by atoms with Crippen LogP contribution in [0.1, 0.15) is 26.3 Å². The quantitative estimate of drug-likeness (QED) is 0.777. The Morgan fingerprint density at radius 3 is 2.47 bits per heavy atom. The molecule has 0 aliphatic heterocycles. The smallest absolute Gasteiger partial charge is 0.125 e. The lowest BCUT2D eigenvalue weighted by Gasteiger charge is -2.16. The van der Waals surface area contributed by atoms with E-state index >= 15 is 0 Å². The van der Waals surface area contributed by atoms with E-state index in [2.05, 4.69) is 13.8 Å². The zero-order valence-corrected chi connectivity index (χ0v) is 9.46. The molecule has 0 amide bonds. The zero-order chi connectivity index (χ0) is 11.4. The molecule has 2 N–H and O–H groups in total. The fourth-order valence-corrected chi connectivity index (χ4v) is 1.18. The molecule has 0 spiro atoms. The Morgan fingerprint density at radius 2 is 1.93 bits per heavy atom. The number of anilines is 1. The van der Waals surface area contributed by atoms with Gasteiger partial charge in [0, 0.05) is 5.69 Å². The van der Waals surface area contributed by atoms with E-state index in [4.69, 9.17) is 10.5 Å². The van der Waals surface area contributed by atoms with E-state index < -0.39 is 0 Å². The van der Waals surface area contributed by atoms with Crippen LogP contribution in [0.5, 0.6) is 0 Å². The minimum absolute atomic E-state index is 0.162. The van der Waals surface area contributed by atoms with E-state index in [1.807, 2.05) is 6.92 Å². The summed E-state index contributed by atoms with van der Waals surface area (Å²) >= 11 is 0. The topological polar surface area (TPSA) is 35.2 Å². The number of nitrogens with two attached hydrogens (primary N) is 1. The second-order valence-corrected chi connectivity index (χ2v) is 4.15. The first-order chi connectivity index (χ1) is 6.99. The molecular formula is C12H18FNO. The van der Waals surface area contributed by atoms with E-state index in [9.17, 15) is 4.39 Å². The van der Waals surface area contributed by atoms with Crippen molar-refractivity contribution in [1.82, 2.24) is 0 Å². The molecule has 0 aliphatic carbocycles. The van der Waals surface area contributed by atoms with Gasteiger partial charge in [0.2, 0.25) is 0 Å². The molecule has 0 heterocycles. The van der Waals surface area contributed by atoms with E-state index in [-0.39, 0.29) is 11.9 Å². The van der Waals surface area contributed by atoms with Crippen LogP contribution < -0.4 is 5.73 Å². The highest BCUT2D eigenvalue weighted by Gasteiger charge is 2.07. The number of benzene rings is 1. The second kappa shape index (κ2) is 5.12. The van der Waals surface area contributed by atoms with Crippen molar-refractivity contribution in [1.29, 1.82) is 0 Å². The maximum absolute atomic E-state index is 13.0. The lowest BCUT2D eigenvalue weighted by molar-refractivity contribution is 0.0234. The van der Waals surface area contributed by atoms with E-state index in [0.29, 0.717) is 18.2 Å². The van der Waals surface area contributed by atoms with Crippen LogP contribution in [-0.4, -0.2) is 6.10 Å². The Labute approximate surface area is 90.2 Å². The van der Waals surface area contributed by atoms with E-state index in [1.54, 1.807) is 6.07 Å². The van der Waals surface area contributed by atoms with Crippen LogP contribution >= 0.6 is 0 Å². The normalized spacial score (nSPS) is 13.1. The number of hydrogen-bond donors (Lipinski definition) is 1. The van der Waals surface area contributed by atoms with Gasteiger partial charge in [-0.25, -0.2) is 4.39 Å². The summed E-state index contributed by atoms with van der Waals surface area (Å²) in [5.41, 5.74) is 6.74. The molecule has 1 rings (SSSR count). The summed E-state index contributed by atoms with van der Waals surface area (Å²) in [5.74, 6) is 0.140. The average molecular weight is 211 g/mol. The van der Waals surface area contributed by atoms with Crippen LogP contribution in [-0.2, 0) is 11.3 Å². The number of halogens is 1. The van der Waals surface area contributed by atoms with Crippen LogP contribution in [0.3, 0.4) is 0 Å². The van der Waals surface area contributed by atoms with E-state index in [1.165, 1.54) is 12.1 Å². The van der Waals surface area contributed by atoms with Crippen molar-refractivity contribution in [3.63, 3.8) is 0 Å². The van der Waals surface area contributed by atoms with Crippen LogP contribution in [0, 0.1) is 11.7 Å². The Morgan fingerprint density at radius 1 is 1.27 bits per heavy atom. The van der Waals surface area contributed by atoms with Gasteiger partial charge in [0.15, 0.2) is 0 Å². The third-order valence-corrected chi connectivity index (χ3v) is 2.43. The van der Waals surface area contributed by atoms with Gasteiger partial charge in [-0.3, -0.25) is 0 Å². The predicted octanol–water partition coefficient (Wildman–Crippen LogP) is 2.97. The predicted molar refractivity (Wildman–Crippen MR) is 59.9 cm³/mol. The molecule has 0 bridgehead atoms. The molecular weight excluding hydrogens is 193 g/mol. The maximum Gasteiger partial charge on any atom is 0.125 e. The largest absolute Gasteiger partial charge is 0.399 e. The fraction of sp³-hybridized carbons (Fsp3) is 0.500. The van der Waals surface area contributed by atoms with Crippen molar-refractivity contribution in [2.75, 3.05) is 5.73 Å². The lowest BCUT2D eigenvalue weighted by Crippen LogP contribution is -2.15. The Hall–Kier alpha value is -1.09. The van der Waals surface area contributed by atoms with Gasteiger partial charge >= 0.3 is 0 Å². The summed E-state index contributed by atoms with van der Waals surface area (Å²) in [5, 5.41) is 0. The highest BCUT2D eigenvalue weighted by atomic mass is 19.1. The van der Waals surface area contributed by atoms with Crippen molar-refractivity contribution in [2.45, 2.75) is 33.5 Å². The minimum atomic E-state index is -0.314. The summed E-state index contributed by atoms with van der Waals surface area (Å²) < 4.78 is 18.6. The highest BCUT2D eigenvalue weighted by Crippen LogP contribution is 2.14. The Kier molecular flexibility index (Phi) is 4.09. The number of ether oxygens (including phenoxy) is 1. The van der Waals surface area contributed by atoms with Gasteiger partial charge in [0.1, 0.15) is 5.82 Å². The molecule has 2 nitrogen and oxygen atoms in total. The molecule has 0 aliphatic rings. The average Bonchev–Trinajstić information content (AvgIpc) is 2.12. The van der Waals surface area contributed by atoms with Crippen molar-refractivity contribution in [3.8, 4) is 0 Å². The third kappa shape index (κ3) is 3.88. The van der Waals surface area contributed by atoms with Crippen molar-refractivity contribution >= 4 is 5.69 Å². The van der Waals surface area contributed by atoms with Crippen LogP contribution in [0.25, 0.3) is 0 Å². The monoisotopic (exact) mass is 211 g/mol. The van der Waals surface area contributed by atoms with Gasteiger partial charge in [-0.2, -0.15) is 0 Å². The summed E-state index contributed by atoms with van der Waals surface area (Å²) in [7, 11) is 0. The first-order valence-electron chi connectivity index (χ1n) is 5.15. The molecule has 84 valence electrons. The Bertz CT molecular complexity index is 305. The molecule has 0 fully saturated rings. The molecule has 0 saturated heterocycles. The van der Waals surface area contributed by atoms with Crippen LogP contribution in [0.4, 0.5) is 10.1 Å². The van der Waals surface area contributed by atoms with Gasteiger partial charge in [0.05, 0.1) is 12.7 Å². The van der Waals surface area contributed by atoms with Gasteiger partial charge in [0.25, 0.3) is 0 Å². The Balaban J connectivity index is 2.57. The molecule has 1 atom stereocenters. The first kappa shape index (κ1) is 12.0. The van der Waals surface area contributed by atoms with E-state index in [0.717, 1.165) is 5.56 Å². The summed E-state index contributed by atoms with van der Waals surface area (Å²) in [4.78, 5) is 0. The molecule has 1 aromatic rings. The maximum atomic E-state index is 13.0. The second-order valence-electron chi connectivity index (χ2n) is 4.15. The summed E-state index contributed by atoms with van der Waals surface area (Å²) in [6.45, 7) is 6.59. The standard InChI is InChI=1S/C12H18FNO/c1-8(2)9(3)15-7-10-4-11(13)6-12(14)5-10/h4-6,8-9H,7,14H2,1-3H3. The molecule has 3 heteroatoms. The molecule has 0 saturated carbocycles. The molecule has 15 heavy (non-hydrogen) atoms. The van der Waals surface area contributed by atoms with Crippen LogP contribution in [0.2, 0.25) is 0 Å². The van der Waals surface area contributed by atoms with Gasteiger partial charge in [-0.1, -0.05) is 13.8 Å². The number of rotatable bonds is 4. The minimum Gasteiger partial charge on any atom is -0.399 e. The van der Waals surface area contributed by atoms with Crippen molar-refractivity contribution in [2.24, 2.45) is 5.92 Å². The van der Waals surface area contributed by atoms with Gasteiger partial charge in [-0.15, -0.1) is 0 Å². The molecule has 1 aromatic carbocycles. The lowest BCUT2D eigenvalue weighted by atomic mass is 10.1. The van der Waals surface area contributed by atoms with Crippen LogP contribution in [0.15, 0.2) is 18.2 Å². The SMILES string of the molecule is CC(C)C(C)OCc1cc(N)cc(F)c1. The summed E-state index contributed by atoms with van der Waals surface area (Å²) in [6, 6.07) is 4.48. The zero-order valence-electron chi connectivity index (χ0n) is 9.46. The summed E-state index contributed by atoms with van der Waals surface area (Å²) in [6.07, 6.45) is 0.162. The molecule has 0 aromatic heterocycles. The van der Waals surface area contributed by atoms with Gasteiger partial charge < -0.3 is 10.5 Å². The van der Waals surface area contributed by atoms with Crippen molar-refractivity contribution in [3.05, 3.63) is 29.6 Å². The number of hydrogen-bond acceptors (Lipinski definition) is 2. The molecule has 1 unspecified atom stereocenters. The van der Waals surface area contributed by atoms with Gasteiger partial charge in [-0.05, 0) is 36.6 Å². The fourth-order valence-electron chi connectivity index (χ4n) is 1.18. The number of nitrogen functional groups attached to an aromatic ring is 1. The first-order valence-corrected chi connectivity index (χ1v) is 5.15.